The topological polar surface area (TPSA) is 60.9 Å². The fraction of sp³-hybridized carbons (Fsp3) is 0.640. The van der Waals surface area contributed by atoms with Crippen molar-refractivity contribution in [2.24, 2.45) is 17.3 Å². The van der Waals surface area contributed by atoms with Crippen molar-refractivity contribution in [2.75, 3.05) is 45.8 Å². The number of carbonyl (C=O) groups excluding carboxylic acids is 1. The van der Waals surface area contributed by atoms with E-state index in [0.29, 0.717) is 55.4 Å². The van der Waals surface area contributed by atoms with Crippen LogP contribution in [-0.4, -0.2) is 74.2 Å². The highest BCUT2D eigenvalue weighted by Gasteiger charge is 2.51. The number of hydrogen-bond donors (Lipinski definition) is 0. The maximum Gasteiger partial charge on any atom is 0.243 e. The monoisotopic (exact) mass is 459 g/mol. The van der Waals surface area contributed by atoms with Gasteiger partial charge in [-0.25, -0.2) is 8.42 Å². The Balaban J connectivity index is 1.31. The van der Waals surface area contributed by atoms with Gasteiger partial charge in [-0.1, -0.05) is 50.6 Å². The van der Waals surface area contributed by atoms with Crippen molar-refractivity contribution in [3.05, 3.63) is 42.0 Å². The Morgan fingerprint density at radius 3 is 2.41 bits per heavy atom. The predicted octanol–water partition coefficient (Wildman–Crippen LogP) is 3.22. The lowest BCUT2D eigenvalue weighted by atomic mass is 9.49. The number of carbonyl (C=O) groups is 1. The molecule has 1 amide bonds. The van der Waals surface area contributed by atoms with Gasteiger partial charge in [0, 0.05) is 52.2 Å². The smallest absolute Gasteiger partial charge is 0.243 e. The van der Waals surface area contributed by atoms with Crippen LogP contribution in [0.15, 0.2) is 46.9 Å². The summed E-state index contributed by atoms with van der Waals surface area (Å²) in [6.07, 6.45) is 5.32. The zero-order valence-electron chi connectivity index (χ0n) is 19.7. The van der Waals surface area contributed by atoms with Crippen LogP contribution in [0.3, 0.4) is 0 Å². The first-order valence-corrected chi connectivity index (χ1v) is 13.4. The first kappa shape index (κ1) is 23.5. The van der Waals surface area contributed by atoms with Crippen LogP contribution < -0.4 is 0 Å². The molecule has 2 fully saturated rings. The molecule has 1 aromatic carbocycles. The summed E-state index contributed by atoms with van der Waals surface area (Å²) in [4.78, 5) is 17.3. The molecule has 7 heteroatoms. The normalized spacial score (nSPS) is 25.7. The van der Waals surface area contributed by atoms with Crippen LogP contribution in [0.25, 0.3) is 0 Å². The summed E-state index contributed by atoms with van der Waals surface area (Å²) in [6.45, 7) is 11.3. The molecular formula is C25H37N3O3S. The van der Waals surface area contributed by atoms with E-state index in [0.717, 1.165) is 25.4 Å². The molecule has 4 aliphatic rings. The number of benzene rings is 1. The molecular weight excluding hydrogens is 422 g/mol. The number of allylic oxidation sites excluding steroid dienone is 1. The Bertz CT molecular complexity index is 950. The van der Waals surface area contributed by atoms with Crippen molar-refractivity contribution in [3.63, 3.8) is 0 Å². The molecule has 6 nitrogen and oxygen atoms in total. The quantitative estimate of drug-likeness (QED) is 0.560. The van der Waals surface area contributed by atoms with Crippen LogP contribution in [0.4, 0.5) is 0 Å². The summed E-state index contributed by atoms with van der Waals surface area (Å²) in [6, 6.07) is 8.65. The number of sulfonamides is 1. The highest BCUT2D eigenvalue weighted by molar-refractivity contribution is 7.89. The lowest BCUT2D eigenvalue weighted by molar-refractivity contribution is -0.131. The molecule has 176 valence electrons. The Hall–Kier alpha value is -1.70. The summed E-state index contributed by atoms with van der Waals surface area (Å²) in [5.41, 5.74) is 1.81. The number of hydrogen-bond acceptors (Lipinski definition) is 4. The third kappa shape index (κ3) is 4.52. The SMILES string of the molecule is CCC(=O)N(CCN1CCN(S(=O)(=O)c2ccccc2)CC1)CC1=CCC2CC1C2(C)C. The van der Waals surface area contributed by atoms with E-state index < -0.39 is 10.0 Å². The van der Waals surface area contributed by atoms with Gasteiger partial charge in [-0.3, -0.25) is 9.69 Å². The maximum atomic E-state index is 12.8. The number of piperazine rings is 1. The second kappa shape index (κ2) is 9.27. The van der Waals surface area contributed by atoms with Crippen LogP contribution in [0.1, 0.15) is 40.0 Å². The van der Waals surface area contributed by atoms with Crippen molar-refractivity contribution >= 4 is 15.9 Å². The number of nitrogens with zero attached hydrogens (tertiary/aromatic N) is 3. The molecule has 1 saturated heterocycles. The summed E-state index contributed by atoms with van der Waals surface area (Å²) in [5.74, 6) is 1.62. The van der Waals surface area contributed by atoms with Crippen LogP contribution in [0.2, 0.25) is 0 Å². The third-order valence-electron chi connectivity index (χ3n) is 8.01. The molecule has 2 unspecified atom stereocenters. The first-order chi connectivity index (χ1) is 15.2. The molecule has 1 aliphatic heterocycles. The lowest BCUT2D eigenvalue weighted by Gasteiger charge is -2.57. The largest absolute Gasteiger partial charge is 0.337 e. The Morgan fingerprint density at radius 1 is 1.12 bits per heavy atom. The van der Waals surface area contributed by atoms with Crippen LogP contribution >= 0.6 is 0 Å². The molecule has 3 aliphatic carbocycles. The second-order valence-electron chi connectivity index (χ2n) is 10.0. The molecule has 1 saturated carbocycles. The van der Waals surface area contributed by atoms with E-state index >= 15 is 0 Å². The van der Waals surface area contributed by atoms with Gasteiger partial charge in [0.25, 0.3) is 0 Å². The first-order valence-electron chi connectivity index (χ1n) is 12.0. The van der Waals surface area contributed by atoms with Gasteiger partial charge in [0.2, 0.25) is 15.9 Å². The van der Waals surface area contributed by atoms with E-state index in [-0.39, 0.29) is 5.91 Å². The van der Waals surface area contributed by atoms with E-state index in [4.69, 9.17) is 0 Å². The highest BCUT2D eigenvalue weighted by Crippen LogP contribution is 2.59. The number of fused-ring (bicyclic) bond motifs is 1. The van der Waals surface area contributed by atoms with Gasteiger partial charge in [-0.05, 0) is 42.2 Å². The van der Waals surface area contributed by atoms with Gasteiger partial charge in [0.1, 0.15) is 0 Å². The van der Waals surface area contributed by atoms with Crippen molar-refractivity contribution in [3.8, 4) is 0 Å². The van der Waals surface area contributed by atoms with Crippen molar-refractivity contribution in [1.29, 1.82) is 0 Å². The van der Waals surface area contributed by atoms with Gasteiger partial charge < -0.3 is 4.90 Å². The predicted molar refractivity (Wildman–Crippen MR) is 127 cm³/mol. The van der Waals surface area contributed by atoms with Crippen molar-refractivity contribution < 1.29 is 13.2 Å². The molecule has 1 heterocycles. The maximum absolute atomic E-state index is 12.8. The van der Waals surface area contributed by atoms with Crippen LogP contribution in [0, 0.1) is 17.3 Å². The minimum Gasteiger partial charge on any atom is -0.337 e. The van der Waals surface area contributed by atoms with E-state index in [1.54, 1.807) is 28.6 Å². The van der Waals surface area contributed by atoms with Crippen molar-refractivity contribution in [2.45, 2.75) is 44.9 Å². The van der Waals surface area contributed by atoms with Crippen LogP contribution in [0.5, 0.6) is 0 Å². The second-order valence-corrected chi connectivity index (χ2v) is 12.0. The molecule has 0 spiro atoms. The average Bonchev–Trinajstić information content (AvgIpc) is 2.82. The van der Waals surface area contributed by atoms with Crippen LogP contribution in [-0.2, 0) is 14.8 Å². The van der Waals surface area contributed by atoms with E-state index in [1.807, 2.05) is 17.9 Å². The highest BCUT2D eigenvalue weighted by atomic mass is 32.2. The Kier molecular flexibility index (Phi) is 6.80. The summed E-state index contributed by atoms with van der Waals surface area (Å²) < 4.78 is 27.3. The summed E-state index contributed by atoms with van der Waals surface area (Å²) in [7, 11) is -3.43. The lowest BCUT2D eigenvalue weighted by Crippen LogP contribution is -2.52. The number of amides is 1. The molecule has 2 atom stereocenters. The minimum atomic E-state index is -3.43. The summed E-state index contributed by atoms with van der Waals surface area (Å²) >= 11 is 0. The van der Waals surface area contributed by atoms with E-state index in [2.05, 4.69) is 24.8 Å². The Morgan fingerprint density at radius 2 is 1.81 bits per heavy atom. The fourth-order valence-electron chi connectivity index (χ4n) is 5.59. The standard InChI is InChI=1S/C25H37N3O3S/c1-4-24(29)27(19-20-10-11-21-18-23(20)25(21,2)3)15-12-26-13-16-28(17-14-26)32(30,31)22-8-6-5-7-9-22/h5-10,21,23H,4,11-19H2,1-3H3. The zero-order valence-corrected chi connectivity index (χ0v) is 20.5. The summed E-state index contributed by atoms with van der Waals surface area (Å²) in [5, 5.41) is 0. The molecule has 0 radical (unpaired) electrons. The molecule has 0 N–H and O–H groups in total. The zero-order chi connectivity index (χ0) is 22.9. The minimum absolute atomic E-state index is 0.204. The number of rotatable bonds is 8. The molecule has 0 aromatic heterocycles. The van der Waals surface area contributed by atoms with Gasteiger partial charge in [0.15, 0.2) is 0 Å². The van der Waals surface area contributed by atoms with Crippen molar-refractivity contribution in [1.82, 2.24) is 14.1 Å². The molecule has 1 aromatic rings. The van der Waals surface area contributed by atoms with Gasteiger partial charge >= 0.3 is 0 Å². The molecule has 2 bridgehead atoms. The Labute approximate surface area is 193 Å². The van der Waals surface area contributed by atoms with Gasteiger partial charge in [-0.15, -0.1) is 0 Å². The molecule has 32 heavy (non-hydrogen) atoms. The van der Waals surface area contributed by atoms with Gasteiger partial charge in [-0.2, -0.15) is 4.31 Å². The fourth-order valence-corrected chi connectivity index (χ4v) is 7.03. The third-order valence-corrected chi connectivity index (χ3v) is 9.92. The van der Waals surface area contributed by atoms with E-state index in [1.165, 1.54) is 12.0 Å². The average molecular weight is 460 g/mol. The van der Waals surface area contributed by atoms with E-state index in [9.17, 15) is 13.2 Å². The van der Waals surface area contributed by atoms with Gasteiger partial charge in [0.05, 0.1) is 4.90 Å². The molecule has 5 rings (SSSR count).